The largest absolute Gasteiger partial charge is 0.481 e. The van der Waals surface area contributed by atoms with Gasteiger partial charge in [0.25, 0.3) is 0 Å². The Morgan fingerprint density at radius 2 is 2.05 bits per heavy atom. The highest BCUT2D eigenvalue weighted by atomic mass is 32.1. The third-order valence-electron chi connectivity index (χ3n) is 2.44. The lowest BCUT2D eigenvalue weighted by Crippen LogP contribution is -2.15. The summed E-state index contributed by atoms with van der Waals surface area (Å²) in [5, 5.41) is 13.0. The molecule has 5 nitrogen and oxygen atoms in total. The molecule has 0 spiro atoms. The molecule has 20 heavy (non-hydrogen) atoms. The molecule has 2 rings (SSSR count). The van der Waals surface area contributed by atoms with Crippen molar-refractivity contribution in [3.63, 3.8) is 0 Å². The molecule has 1 amide bonds. The van der Waals surface area contributed by atoms with Crippen LogP contribution in [0.1, 0.15) is 11.3 Å². The van der Waals surface area contributed by atoms with E-state index in [1.165, 1.54) is 12.1 Å². The number of nitrogens with one attached hydrogen (secondary N) is 1. The number of nitrogens with zero attached hydrogens (tertiary/aromatic N) is 1. The number of rotatable bonds is 5. The van der Waals surface area contributed by atoms with Crippen molar-refractivity contribution in [2.24, 2.45) is 0 Å². The van der Waals surface area contributed by atoms with Crippen molar-refractivity contribution >= 4 is 28.3 Å². The first-order valence-corrected chi connectivity index (χ1v) is 6.62. The summed E-state index contributed by atoms with van der Waals surface area (Å²) in [6.45, 7) is 0. The van der Waals surface area contributed by atoms with Crippen LogP contribution < -0.4 is 5.32 Å². The van der Waals surface area contributed by atoms with Gasteiger partial charge in [0.2, 0.25) is 5.91 Å². The Morgan fingerprint density at radius 3 is 2.75 bits per heavy atom. The highest BCUT2D eigenvalue weighted by molar-refractivity contribution is 7.13. The molecule has 2 aromatic rings. The van der Waals surface area contributed by atoms with E-state index in [1.54, 1.807) is 17.5 Å². The summed E-state index contributed by atoms with van der Waals surface area (Å²) in [4.78, 5) is 26.2. The molecule has 0 fully saturated rings. The molecule has 0 radical (unpaired) electrons. The number of anilines is 1. The molecule has 0 aliphatic heterocycles. The Kier molecular flexibility index (Phi) is 4.41. The molecule has 1 heterocycles. The van der Waals surface area contributed by atoms with E-state index in [0.29, 0.717) is 16.4 Å². The predicted octanol–water partition coefficient (Wildman–Crippen LogP) is 2.09. The zero-order valence-electron chi connectivity index (χ0n) is 10.3. The van der Waals surface area contributed by atoms with E-state index in [1.807, 2.05) is 0 Å². The fraction of sp³-hybridized carbons (Fsp3) is 0.154. The van der Waals surface area contributed by atoms with Crippen molar-refractivity contribution in [3.05, 3.63) is 46.7 Å². The highest BCUT2D eigenvalue weighted by Gasteiger charge is 2.11. The normalized spacial score (nSPS) is 10.2. The van der Waals surface area contributed by atoms with Crippen LogP contribution in [0.5, 0.6) is 0 Å². The van der Waals surface area contributed by atoms with Gasteiger partial charge in [-0.15, -0.1) is 11.3 Å². The van der Waals surface area contributed by atoms with Crippen molar-refractivity contribution in [3.8, 4) is 0 Å². The number of carbonyl (C=O) groups excluding carboxylic acids is 1. The number of aliphatic carboxylic acids is 1. The maximum atomic E-state index is 13.4. The van der Waals surface area contributed by atoms with Gasteiger partial charge in [-0.3, -0.25) is 9.59 Å². The Bertz CT molecular complexity index is 642. The highest BCUT2D eigenvalue weighted by Crippen LogP contribution is 2.16. The fourth-order valence-electron chi connectivity index (χ4n) is 1.58. The molecule has 0 unspecified atom stereocenters. The summed E-state index contributed by atoms with van der Waals surface area (Å²) < 4.78 is 13.4. The zero-order chi connectivity index (χ0) is 14.5. The second-order valence-corrected chi connectivity index (χ2v) is 4.89. The van der Waals surface area contributed by atoms with E-state index in [4.69, 9.17) is 5.11 Å². The Morgan fingerprint density at radius 1 is 1.30 bits per heavy atom. The first-order chi connectivity index (χ1) is 9.54. The maximum Gasteiger partial charge on any atom is 0.309 e. The predicted molar refractivity (Wildman–Crippen MR) is 72.2 cm³/mol. The summed E-state index contributed by atoms with van der Waals surface area (Å²) in [7, 11) is 0. The number of carboxylic acid groups (broad SMARTS) is 1. The van der Waals surface area contributed by atoms with Crippen LogP contribution >= 0.6 is 11.3 Å². The quantitative estimate of drug-likeness (QED) is 0.885. The van der Waals surface area contributed by atoms with Gasteiger partial charge in [0.1, 0.15) is 5.82 Å². The van der Waals surface area contributed by atoms with Crippen molar-refractivity contribution < 1.29 is 19.1 Å². The smallest absolute Gasteiger partial charge is 0.309 e. The van der Waals surface area contributed by atoms with Gasteiger partial charge in [0, 0.05) is 5.38 Å². The van der Waals surface area contributed by atoms with Gasteiger partial charge in [-0.25, -0.2) is 9.37 Å². The van der Waals surface area contributed by atoms with Crippen molar-refractivity contribution in [1.29, 1.82) is 0 Å². The zero-order valence-corrected chi connectivity index (χ0v) is 11.1. The molecular weight excluding hydrogens is 283 g/mol. The molecule has 0 atom stereocenters. The molecule has 0 aliphatic carbocycles. The van der Waals surface area contributed by atoms with E-state index < -0.39 is 17.7 Å². The molecule has 1 aromatic carbocycles. The molecule has 0 aliphatic rings. The van der Waals surface area contributed by atoms with Crippen LogP contribution in [0, 0.1) is 5.82 Å². The van der Waals surface area contributed by atoms with Gasteiger partial charge >= 0.3 is 5.97 Å². The average molecular weight is 294 g/mol. The topological polar surface area (TPSA) is 79.3 Å². The molecule has 0 saturated heterocycles. The lowest BCUT2D eigenvalue weighted by Gasteiger charge is -2.03. The third-order valence-corrected chi connectivity index (χ3v) is 3.25. The number of aromatic nitrogens is 1. The summed E-state index contributed by atoms with van der Waals surface area (Å²) >= 11 is 1.13. The first kappa shape index (κ1) is 14.1. The summed E-state index contributed by atoms with van der Waals surface area (Å²) in [6.07, 6.45) is -0.291. The number of hydrogen-bond acceptors (Lipinski definition) is 4. The number of carboxylic acids is 1. The van der Waals surface area contributed by atoms with E-state index in [2.05, 4.69) is 10.3 Å². The Labute approximate surface area is 118 Å². The van der Waals surface area contributed by atoms with Gasteiger partial charge in [-0.2, -0.15) is 0 Å². The van der Waals surface area contributed by atoms with Crippen LogP contribution in [-0.4, -0.2) is 22.0 Å². The van der Waals surface area contributed by atoms with E-state index >= 15 is 0 Å². The Hall–Kier alpha value is -2.28. The number of halogens is 1. The van der Waals surface area contributed by atoms with Crippen LogP contribution in [0.3, 0.4) is 0 Å². The second kappa shape index (κ2) is 6.25. The Balaban J connectivity index is 1.96. The van der Waals surface area contributed by atoms with Gasteiger partial charge in [-0.05, 0) is 11.6 Å². The van der Waals surface area contributed by atoms with E-state index in [9.17, 15) is 14.0 Å². The fourth-order valence-corrected chi connectivity index (χ4v) is 2.31. The van der Waals surface area contributed by atoms with Gasteiger partial charge in [0.15, 0.2) is 5.13 Å². The summed E-state index contributed by atoms with van der Waals surface area (Å²) in [6, 6.07) is 6.03. The number of carbonyl (C=O) groups is 2. The van der Waals surface area contributed by atoms with Crippen LogP contribution in [0.25, 0.3) is 0 Å². The van der Waals surface area contributed by atoms with E-state index in [0.717, 1.165) is 11.3 Å². The van der Waals surface area contributed by atoms with Gasteiger partial charge in [0.05, 0.1) is 18.5 Å². The minimum Gasteiger partial charge on any atom is -0.481 e. The molecular formula is C13H11FN2O3S. The lowest BCUT2D eigenvalue weighted by atomic mass is 10.1. The van der Waals surface area contributed by atoms with Crippen molar-refractivity contribution in [2.75, 3.05) is 5.32 Å². The number of amides is 1. The van der Waals surface area contributed by atoms with Crippen LogP contribution in [0.4, 0.5) is 9.52 Å². The lowest BCUT2D eigenvalue weighted by molar-refractivity contribution is -0.136. The van der Waals surface area contributed by atoms with Gasteiger partial charge < -0.3 is 10.4 Å². The van der Waals surface area contributed by atoms with E-state index in [-0.39, 0.29) is 12.8 Å². The van der Waals surface area contributed by atoms with Gasteiger partial charge in [-0.1, -0.05) is 18.2 Å². The standard InChI is InChI=1S/C13H11FN2O3S/c14-10-4-2-1-3-8(10)5-11(17)16-13-15-9(7-20-13)6-12(18)19/h1-4,7H,5-6H2,(H,18,19)(H,15,16,17). The second-order valence-electron chi connectivity index (χ2n) is 4.03. The number of hydrogen-bond donors (Lipinski definition) is 2. The first-order valence-electron chi connectivity index (χ1n) is 5.74. The molecule has 2 N–H and O–H groups in total. The molecule has 7 heteroatoms. The molecule has 0 bridgehead atoms. The van der Waals surface area contributed by atoms with Crippen LogP contribution in [-0.2, 0) is 22.4 Å². The van der Waals surface area contributed by atoms with Crippen LogP contribution in [0.2, 0.25) is 0 Å². The number of thiazole rings is 1. The molecule has 104 valence electrons. The molecule has 1 aromatic heterocycles. The monoisotopic (exact) mass is 294 g/mol. The SMILES string of the molecule is O=C(O)Cc1csc(NC(=O)Cc2ccccc2F)n1. The number of benzene rings is 1. The summed E-state index contributed by atoms with van der Waals surface area (Å²) in [5.74, 6) is -1.82. The molecule has 0 saturated carbocycles. The third kappa shape index (κ3) is 3.86. The minimum absolute atomic E-state index is 0.0967. The average Bonchev–Trinajstić information content (AvgIpc) is 2.78. The van der Waals surface area contributed by atoms with Crippen LogP contribution in [0.15, 0.2) is 29.6 Å². The van der Waals surface area contributed by atoms with Crippen molar-refractivity contribution in [2.45, 2.75) is 12.8 Å². The van der Waals surface area contributed by atoms with Crippen molar-refractivity contribution in [1.82, 2.24) is 4.98 Å². The maximum absolute atomic E-state index is 13.4. The summed E-state index contributed by atoms with van der Waals surface area (Å²) in [5.41, 5.74) is 0.677. The minimum atomic E-state index is -0.987.